The number of aliphatic hydroxyl groups is 1. The van der Waals surface area contributed by atoms with Gasteiger partial charge in [-0.3, -0.25) is 4.79 Å². The van der Waals surface area contributed by atoms with Crippen LogP contribution in [0.3, 0.4) is 0 Å². The first-order valence-electron chi connectivity index (χ1n) is 7.13. The lowest BCUT2D eigenvalue weighted by Crippen LogP contribution is -2.44. The van der Waals surface area contributed by atoms with Gasteiger partial charge in [0.25, 0.3) is 5.91 Å². The molecule has 1 aromatic carbocycles. The number of hydrogen-bond acceptors (Lipinski definition) is 3. The topological polar surface area (TPSA) is 49.8 Å². The highest BCUT2D eigenvalue weighted by molar-refractivity contribution is 5.84. The molecule has 1 aliphatic heterocycles. The Morgan fingerprint density at radius 3 is 3.00 bits per heavy atom. The highest BCUT2D eigenvalue weighted by Gasteiger charge is 2.39. The number of ether oxygens (including phenoxy) is 1. The summed E-state index contributed by atoms with van der Waals surface area (Å²) in [6.07, 6.45) is 1.71. The Balaban J connectivity index is 2.05. The number of carbonyl (C=O) groups excluding carboxylic acids is 1. The lowest BCUT2D eigenvalue weighted by atomic mass is 10.0. The number of nitrogens with zero attached hydrogens (tertiary/aromatic N) is 1. The van der Waals surface area contributed by atoms with Crippen LogP contribution in [-0.4, -0.2) is 41.8 Å². The molecule has 4 heteroatoms. The molecule has 1 aliphatic rings. The van der Waals surface area contributed by atoms with Gasteiger partial charge in [-0.15, -0.1) is 0 Å². The van der Waals surface area contributed by atoms with Crippen LogP contribution in [0.15, 0.2) is 24.3 Å². The maximum absolute atomic E-state index is 12.5. The summed E-state index contributed by atoms with van der Waals surface area (Å²) in [5.74, 6) is 5.52. The van der Waals surface area contributed by atoms with Gasteiger partial charge in [0.2, 0.25) is 0 Å². The molecule has 1 atom stereocenters. The number of benzene rings is 1. The van der Waals surface area contributed by atoms with Crippen LogP contribution in [-0.2, 0) is 16.1 Å². The molecular weight excluding hydrogens is 266 g/mol. The van der Waals surface area contributed by atoms with Crippen LogP contribution in [0.5, 0.6) is 0 Å². The second-order valence-corrected chi connectivity index (χ2v) is 5.50. The Labute approximate surface area is 125 Å². The summed E-state index contributed by atoms with van der Waals surface area (Å²) in [4.78, 5) is 14.2. The minimum Gasteiger partial charge on any atom is -0.384 e. The maximum atomic E-state index is 12.5. The molecule has 4 nitrogen and oxygen atoms in total. The van der Waals surface area contributed by atoms with Gasteiger partial charge in [0.1, 0.15) is 12.2 Å². The van der Waals surface area contributed by atoms with E-state index in [1.807, 2.05) is 31.2 Å². The van der Waals surface area contributed by atoms with Gasteiger partial charge in [-0.2, -0.15) is 0 Å². The standard InChI is InChI=1S/C17H21NO3/c1-17(9-5-11-21-17)16(20)18(2)13-15-7-3-6-14(12-15)8-4-10-19/h3,6-7,12,19H,5,9-11,13H2,1-2H3. The lowest BCUT2D eigenvalue weighted by molar-refractivity contribution is -0.150. The van der Waals surface area contributed by atoms with Gasteiger partial charge in [-0.25, -0.2) is 0 Å². The summed E-state index contributed by atoms with van der Waals surface area (Å²) in [5.41, 5.74) is 1.17. The van der Waals surface area contributed by atoms with Gasteiger partial charge < -0.3 is 14.7 Å². The van der Waals surface area contributed by atoms with E-state index in [0.29, 0.717) is 13.2 Å². The molecule has 0 bridgehead atoms. The normalized spacial score (nSPS) is 20.7. The van der Waals surface area contributed by atoms with Crippen molar-refractivity contribution in [3.8, 4) is 11.8 Å². The lowest BCUT2D eigenvalue weighted by Gasteiger charge is -2.28. The van der Waals surface area contributed by atoms with Crippen molar-refractivity contribution in [2.24, 2.45) is 0 Å². The summed E-state index contributed by atoms with van der Waals surface area (Å²) in [6.45, 7) is 2.88. The van der Waals surface area contributed by atoms with Gasteiger partial charge in [-0.05, 0) is 37.5 Å². The second-order valence-electron chi connectivity index (χ2n) is 5.50. The Morgan fingerprint density at radius 2 is 2.33 bits per heavy atom. The van der Waals surface area contributed by atoms with Crippen LogP contribution in [0.4, 0.5) is 0 Å². The highest BCUT2D eigenvalue weighted by Crippen LogP contribution is 2.27. The van der Waals surface area contributed by atoms with Crippen LogP contribution in [0.2, 0.25) is 0 Å². The van der Waals surface area contributed by atoms with Gasteiger partial charge in [0.05, 0.1) is 0 Å². The quantitative estimate of drug-likeness (QED) is 0.858. The summed E-state index contributed by atoms with van der Waals surface area (Å²) >= 11 is 0. The molecule has 1 amide bonds. The summed E-state index contributed by atoms with van der Waals surface area (Å²) in [6, 6.07) is 7.69. The zero-order chi connectivity index (χ0) is 15.3. The van der Waals surface area contributed by atoms with E-state index in [1.54, 1.807) is 11.9 Å². The van der Waals surface area contributed by atoms with Crippen LogP contribution < -0.4 is 0 Å². The molecule has 0 radical (unpaired) electrons. The van der Waals surface area contributed by atoms with Crippen molar-refractivity contribution in [1.29, 1.82) is 0 Å². The van der Waals surface area contributed by atoms with E-state index >= 15 is 0 Å². The van der Waals surface area contributed by atoms with Crippen molar-refractivity contribution in [2.75, 3.05) is 20.3 Å². The summed E-state index contributed by atoms with van der Waals surface area (Å²) < 4.78 is 5.60. The Bertz CT molecular complexity index is 565. The van der Waals surface area contributed by atoms with Crippen molar-refractivity contribution in [1.82, 2.24) is 4.90 Å². The van der Waals surface area contributed by atoms with Gasteiger partial charge in [0, 0.05) is 25.8 Å². The molecule has 1 N–H and O–H groups in total. The predicted molar refractivity (Wildman–Crippen MR) is 80.5 cm³/mol. The van der Waals surface area contributed by atoms with Gasteiger partial charge >= 0.3 is 0 Å². The zero-order valence-corrected chi connectivity index (χ0v) is 12.6. The van der Waals surface area contributed by atoms with E-state index in [4.69, 9.17) is 9.84 Å². The fourth-order valence-electron chi connectivity index (χ4n) is 2.59. The predicted octanol–water partition coefficient (Wildman–Crippen LogP) is 1.56. The fourth-order valence-corrected chi connectivity index (χ4v) is 2.59. The SMILES string of the molecule is CN(Cc1cccc(C#CCO)c1)C(=O)C1(C)CCCO1. The third-order valence-corrected chi connectivity index (χ3v) is 3.68. The molecule has 0 aromatic heterocycles. The second kappa shape index (κ2) is 6.75. The number of rotatable bonds is 3. The molecule has 1 aromatic rings. The molecule has 1 unspecified atom stereocenters. The van der Waals surface area contributed by atoms with E-state index in [1.165, 1.54) is 0 Å². The first-order valence-corrected chi connectivity index (χ1v) is 7.13. The first kappa shape index (κ1) is 15.6. The van der Waals surface area contributed by atoms with Crippen molar-refractivity contribution in [3.63, 3.8) is 0 Å². The smallest absolute Gasteiger partial charge is 0.254 e. The summed E-state index contributed by atoms with van der Waals surface area (Å²) in [5, 5.41) is 8.72. The maximum Gasteiger partial charge on any atom is 0.254 e. The molecule has 0 aliphatic carbocycles. The van der Waals surface area contributed by atoms with Crippen LogP contribution in [0.25, 0.3) is 0 Å². The minimum absolute atomic E-state index is 0.0202. The van der Waals surface area contributed by atoms with Gasteiger partial charge in [-0.1, -0.05) is 24.0 Å². The molecule has 1 saturated heterocycles. The first-order chi connectivity index (χ1) is 10.0. The van der Waals surface area contributed by atoms with Crippen molar-refractivity contribution < 1.29 is 14.6 Å². The molecule has 0 spiro atoms. The van der Waals surface area contributed by atoms with Crippen molar-refractivity contribution in [2.45, 2.75) is 31.9 Å². The molecule has 112 valence electrons. The third-order valence-electron chi connectivity index (χ3n) is 3.68. The monoisotopic (exact) mass is 287 g/mol. The summed E-state index contributed by atoms with van der Waals surface area (Å²) in [7, 11) is 1.79. The molecule has 21 heavy (non-hydrogen) atoms. The number of aliphatic hydroxyl groups excluding tert-OH is 1. The van der Waals surface area contributed by atoms with Crippen LogP contribution in [0.1, 0.15) is 30.9 Å². The number of hydrogen-bond donors (Lipinski definition) is 1. The average molecular weight is 287 g/mol. The zero-order valence-electron chi connectivity index (χ0n) is 12.6. The van der Waals surface area contributed by atoms with E-state index in [0.717, 1.165) is 24.0 Å². The van der Waals surface area contributed by atoms with Crippen LogP contribution in [0, 0.1) is 11.8 Å². The highest BCUT2D eigenvalue weighted by atomic mass is 16.5. The van der Waals surface area contributed by atoms with E-state index < -0.39 is 5.60 Å². The molecule has 0 saturated carbocycles. The van der Waals surface area contributed by atoms with Crippen molar-refractivity contribution in [3.05, 3.63) is 35.4 Å². The number of carbonyl (C=O) groups is 1. The number of amides is 1. The largest absolute Gasteiger partial charge is 0.384 e. The Hall–Kier alpha value is -1.83. The fraction of sp³-hybridized carbons (Fsp3) is 0.471. The Kier molecular flexibility index (Phi) is 5.00. The average Bonchev–Trinajstić information content (AvgIpc) is 2.92. The van der Waals surface area contributed by atoms with Crippen molar-refractivity contribution >= 4 is 5.91 Å². The number of likely N-dealkylation sites (N-methyl/N-ethyl adjacent to an activating group) is 1. The third kappa shape index (κ3) is 3.84. The minimum atomic E-state index is -0.678. The van der Waals surface area contributed by atoms with E-state index in [2.05, 4.69) is 11.8 Å². The molecule has 1 fully saturated rings. The Morgan fingerprint density at radius 1 is 1.52 bits per heavy atom. The van der Waals surface area contributed by atoms with Gasteiger partial charge in [0.15, 0.2) is 0 Å². The molecule has 1 heterocycles. The molecular formula is C17H21NO3. The van der Waals surface area contributed by atoms with E-state index in [-0.39, 0.29) is 12.5 Å². The molecule has 2 rings (SSSR count). The van der Waals surface area contributed by atoms with E-state index in [9.17, 15) is 4.79 Å². The van der Waals surface area contributed by atoms with Crippen LogP contribution >= 0.6 is 0 Å².